The molecule has 0 bridgehead atoms. The Morgan fingerprint density at radius 1 is 0.968 bits per heavy atom. The Balaban J connectivity index is 1.43. The van der Waals surface area contributed by atoms with Crippen molar-refractivity contribution in [3.8, 4) is 5.75 Å². The maximum Gasteiger partial charge on any atom is 0.209 e. The predicted molar refractivity (Wildman–Crippen MR) is 119 cm³/mol. The van der Waals surface area contributed by atoms with E-state index in [4.69, 9.17) is 4.74 Å². The number of nitrogens with zero attached hydrogens (tertiary/aromatic N) is 4. The number of rotatable bonds is 8. The number of nitrogens with one attached hydrogen (secondary N) is 2. The van der Waals surface area contributed by atoms with E-state index >= 15 is 0 Å². The number of piperazine rings is 1. The van der Waals surface area contributed by atoms with Crippen molar-refractivity contribution in [2.75, 3.05) is 33.3 Å². The van der Waals surface area contributed by atoms with E-state index in [1.807, 2.05) is 16.8 Å². The first-order chi connectivity index (χ1) is 15.2. The highest BCUT2D eigenvalue weighted by atomic mass is 16.5. The number of ether oxygens (including phenoxy) is 1. The van der Waals surface area contributed by atoms with Crippen LogP contribution in [-0.2, 0) is 13.1 Å². The molecule has 2 aromatic carbocycles. The first kappa shape index (κ1) is 21.5. The van der Waals surface area contributed by atoms with E-state index in [-0.39, 0.29) is 0 Å². The molecule has 0 aliphatic carbocycles. The van der Waals surface area contributed by atoms with Crippen LogP contribution in [0.2, 0.25) is 0 Å². The molecular formula is C24H34N6O+2. The van der Waals surface area contributed by atoms with Gasteiger partial charge in [0, 0.05) is 11.5 Å². The van der Waals surface area contributed by atoms with E-state index in [0.29, 0.717) is 18.5 Å². The molecule has 4 rings (SSSR count). The van der Waals surface area contributed by atoms with Gasteiger partial charge in [-0.2, -0.15) is 0 Å². The normalized spacial score (nSPS) is 20.0. The van der Waals surface area contributed by atoms with Crippen molar-refractivity contribution in [1.82, 2.24) is 20.2 Å². The third kappa shape index (κ3) is 5.11. The quantitative estimate of drug-likeness (QED) is 0.552. The van der Waals surface area contributed by atoms with Crippen molar-refractivity contribution in [2.45, 2.75) is 33.0 Å². The molecule has 1 saturated heterocycles. The van der Waals surface area contributed by atoms with E-state index in [0.717, 1.165) is 44.3 Å². The summed E-state index contributed by atoms with van der Waals surface area (Å²) in [4.78, 5) is 3.20. The van der Waals surface area contributed by atoms with Crippen LogP contribution in [0.1, 0.15) is 36.8 Å². The van der Waals surface area contributed by atoms with E-state index < -0.39 is 0 Å². The Kier molecular flexibility index (Phi) is 6.94. The fourth-order valence-electron chi connectivity index (χ4n) is 4.79. The van der Waals surface area contributed by atoms with Crippen LogP contribution in [0.25, 0.3) is 0 Å². The monoisotopic (exact) mass is 422 g/mol. The Morgan fingerprint density at radius 3 is 2.39 bits per heavy atom. The van der Waals surface area contributed by atoms with Crippen molar-refractivity contribution >= 4 is 0 Å². The van der Waals surface area contributed by atoms with E-state index in [9.17, 15) is 0 Å². The van der Waals surface area contributed by atoms with E-state index in [1.54, 1.807) is 16.9 Å². The lowest BCUT2D eigenvalue weighted by Crippen LogP contribution is -3.27. The smallest absolute Gasteiger partial charge is 0.209 e. The van der Waals surface area contributed by atoms with Crippen LogP contribution in [0.15, 0.2) is 54.6 Å². The van der Waals surface area contributed by atoms with Crippen LogP contribution in [0.4, 0.5) is 0 Å². The summed E-state index contributed by atoms with van der Waals surface area (Å²) in [6.45, 7) is 10.8. The minimum Gasteiger partial charge on any atom is -0.496 e. The number of methoxy groups -OCH3 is 1. The van der Waals surface area contributed by atoms with Crippen molar-refractivity contribution < 1.29 is 14.5 Å². The molecule has 0 radical (unpaired) electrons. The molecule has 164 valence electrons. The molecule has 2 N–H and O–H groups in total. The molecule has 0 unspecified atom stereocenters. The number of quaternary nitrogens is 2. The van der Waals surface area contributed by atoms with E-state index in [2.05, 4.69) is 71.8 Å². The van der Waals surface area contributed by atoms with Crippen LogP contribution in [-0.4, -0.2) is 53.5 Å². The highest BCUT2D eigenvalue weighted by Gasteiger charge is 2.36. The molecule has 31 heavy (non-hydrogen) atoms. The molecule has 7 heteroatoms. The summed E-state index contributed by atoms with van der Waals surface area (Å²) in [5, 5.41) is 12.8. The number of benzene rings is 2. The third-order valence-electron chi connectivity index (χ3n) is 6.35. The molecule has 1 fully saturated rings. The Bertz CT molecular complexity index is 949. The van der Waals surface area contributed by atoms with Crippen molar-refractivity contribution in [1.29, 1.82) is 0 Å². The zero-order chi connectivity index (χ0) is 21.6. The minimum absolute atomic E-state index is 0.298. The number of aromatic nitrogens is 4. The maximum absolute atomic E-state index is 5.55. The van der Waals surface area contributed by atoms with Crippen molar-refractivity contribution in [2.24, 2.45) is 5.92 Å². The number of hydrogen-bond donors (Lipinski definition) is 2. The number of para-hydroxylation sites is 1. The molecule has 1 aliphatic heterocycles. The van der Waals surface area contributed by atoms with Gasteiger partial charge in [-0.3, -0.25) is 0 Å². The Hall–Kier alpha value is -2.77. The van der Waals surface area contributed by atoms with Gasteiger partial charge in [0.25, 0.3) is 0 Å². The van der Waals surface area contributed by atoms with Gasteiger partial charge in [0.15, 0.2) is 6.04 Å². The molecule has 2 heterocycles. The second kappa shape index (κ2) is 10.0. The van der Waals surface area contributed by atoms with Crippen molar-refractivity contribution in [3.05, 3.63) is 71.5 Å². The van der Waals surface area contributed by atoms with Gasteiger partial charge in [0.05, 0.1) is 13.7 Å². The zero-order valence-corrected chi connectivity index (χ0v) is 18.8. The van der Waals surface area contributed by atoms with Crippen LogP contribution >= 0.6 is 0 Å². The van der Waals surface area contributed by atoms with Crippen LogP contribution in [0.5, 0.6) is 5.75 Å². The van der Waals surface area contributed by atoms with Gasteiger partial charge >= 0.3 is 0 Å². The SMILES string of the molecule is COc1ccccc1C[NH+]1CC[NH+]([C@H](c2nnnn2Cc2ccccc2)C(C)C)CC1. The fourth-order valence-corrected chi connectivity index (χ4v) is 4.79. The summed E-state index contributed by atoms with van der Waals surface area (Å²) in [6, 6.07) is 19.1. The lowest BCUT2D eigenvalue weighted by molar-refractivity contribution is -1.03. The number of tetrazole rings is 1. The van der Waals surface area contributed by atoms with Gasteiger partial charge in [0.1, 0.15) is 38.5 Å². The first-order valence-electron chi connectivity index (χ1n) is 11.3. The molecule has 0 saturated carbocycles. The van der Waals surface area contributed by atoms with Crippen LogP contribution < -0.4 is 14.5 Å². The molecular weight excluding hydrogens is 388 g/mol. The summed E-state index contributed by atoms with van der Waals surface area (Å²) in [5.74, 6) is 2.46. The average molecular weight is 423 g/mol. The topological polar surface area (TPSA) is 61.7 Å². The molecule has 1 aromatic heterocycles. The highest BCUT2D eigenvalue weighted by molar-refractivity contribution is 5.32. The number of hydrogen-bond acceptors (Lipinski definition) is 4. The molecule has 0 amide bonds. The van der Waals surface area contributed by atoms with Gasteiger partial charge in [-0.25, -0.2) is 4.68 Å². The van der Waals surface area contributed by atoms with Gasteiger partial charge in [-0.1, -0.05) is 56.3 Å². The van der Waals surface area contributed by atoms with Gasteiger partial charge in [-0.05, 0) is 28.1 Å². The highest BCUT2D eigenvalue weighted by Crippen LogP contribution is 2.18. The second-order valence-corrected chi connectivity index (χ2v) is 8.80. The van der Waals surface area contributed by atoms with Crippen LogP contribution in [0.3, 0.4) is 0 Å². The fraction of sp³-hybridized carbons (Fsp3) is 0.458. The summed E-state index contributed by atoms with van der Waals surface area (Å²) in [7, 11) is 1.75. The summed E-state index contributed by atoms with van der Waals surface area (Å²) in [6.07, 6.45) is 0. The predicted octanol–water partition coefficient (Wildman–Crippen LogP) is 0.411. The molecule has 0 spiro atoms. The second-order valence-electron chi connectivity index (χ2n) is 8.80. The van der Waals surface area contributed by atoms with Crippen LogP contribution in [0, 0.1) is 5.92 Å². The van der Waals surface area contributed by atoms with E-state index in [1.165, 1.54) is 11.1 Å². The standard InChI is InChI=1S/C24H32N6O/c1-19(2)23(24-25-26-27-30(24)17-20-9-5-4-6-10-20)29-15-13-28(14-16-29)18-21-11-7-8-12-22(21)31-3/h4-12,19,23H,13-18H2,1-3H3/p+2/t23-/m0/s1. The zero-order valence-electron chi connectivity index (χ0n) is 18.8. The van der Waals surface area contributed by atoms with Gasteiger partial charge < -0.3 is 14.5 Å². The summed E-state index contributed by atoms with van der Waals surface area (Å²) >= 11 is 0. The third-order valence-corrected chi connectivity index (χ3v) is 6.35. The molecule has 1 atom stereocenters. The van der Waals surface area contributed by atoms with Gasteiger partial charge in [0.2, 0.25) is 5.82 Å². The minimum atomic E-state index is 0.298. The Labute approximate surface area is 184 Å². The van der Waals surface area contributed by atoms with Crippen molar-refractivity contribution in [3.63, 3.8) is 0 Å². The van der Waals surface area contributed by atoms with Gasteiger partial charge in [-0.15, -0.1) is 5.10 Å². The summed E-state index contributed by atoms with van der Waals surface area (Å²) in [5.41, 5.74) is 2.51. The lowest BCUT2D eigenvalue weighted by Gasteiger charge is -2.35. The molecule has 1 aliphatic rings. The molecule has 7 nitrogen and oxygen atoms in total. The summed E-state index contributed by atoms with van der Waals surface area (Å²) < 4.78 is 7.53. The largest absolute Gasteiger partial charge is 0.496 e. The lowest BCUT2D eigenvalue weighted by atomic mass is 10.0. The first-order valence-corrected chi connectivity index (χ1v) is 11.3. The maximum atomic E-state index is 5.55. The average Bonchev–Trinajstić information content (AvgIpc) is 3.23. The molecule has 3 aromatic rings. The Morgan fingerprint density at radius 2 is 1.68 bits per heavy atom.